The molecular weight excluding hydrogens is 436 g/mol. The van der Waals surface area contributed by atoms with Crippen molar-refractivity contribution in [1.82, 2.24) is 0 Å². The van der Waals surface area contributed by atoms with Crippen LogP contribution in [0.15, 0.2) is 71.6 Å². The molecule has 162 valence electrons. The Morgan fingerprint density at radius 1 is 0.968 bits per heavy atom. The second-order valence-electron chi connectivity index (χ2n) is 7.15. The number of benzene rings is 3. The Morgan fingerprint density at radius 3 is 2.26 bits per heavy atom. The van der Waals surface area contributed by atoms with Crippen molar-refractivity contribution in [3.05, 3.63) is 82.9 Å². The molecule has 0 aliphatic rings. The molecule has 1 amide bonds. The van der Waals surface area contributed by atoms with Gasteiger partial charge in [0.05, 0.1) is 10.6 Å². The van der Waals surface area contributed by atoms with E-state index in [1.165, 1.54) is 24.3 Å². The molecule has 0 aliphatic heterocycles. The van der Waals surface area contributed by atoms with E-state index >= 15 is 0 Å². The minimum atomic E-state index is -3.76. The number of ether oxygens (including phenoxy) is 1. The summed E-state index contributed by atoms with van der Waals surface area (Å²) in [6.07, 6.45) is -0.754. The Morgan fingerprint density at radius 2 is 1.61 bits per heavy atom. The van der Waals surface area contributed by atoms with Gasteiger partial charge in [0.1, 0.15) is 5.75 Å². The van der Waals surface area contributed by atoms with Crippen LogP contribution < -0.4 is 14.8 Å². The third-order valence-electron chi connectivity index (χ3n) is 4.57. The standard InChI is InChI=1S/C23H23ClN2O4S/c1-15-4-5-16(2)22(14-15)26-31(28,29)21-12-8-19(9-13-21)25-23(27)17(3)30-20-10-6-18(24)7-11-20/h4-14,17,26H,1-3H3,(H,25,27)/t17-/m0/s1. The van der Waals surface area contributed by atoms with Gasteiger partial charge in [-0.15, -0.1) is 0 Å². The van der Waals surface area contributed by atoms with Gasteiger partial charge in [0.25, 0.3) is 15.9 Å². The van der Waals surface area contributed by atoms with E-state index in [1.807, 2.05) is 26.0 Å². The first-order valence-corrected chi connectivity index (χ1v) is 11.4. The van der Waals surface area contributed by atoms with Gasteiger partial charge in [0.2, 0.25) is 0 Å². The van der Waals surface area contributed by atoms with Crippen LogP contribution in [0.3, 0.4) is 0 Å². The minimum absolute atomic E-state index is 0.0943. The topological polar surface area (TPSA) is 84.5 Å². The molecule has 0 aromatic heterocycles. The van der Waals surface area contributed by atoms with Crippen LogP contribution in [0.1, 0.15) is 18.1 Å². The van der Waals surface area contributed by atoms with Crippen LogP contribution in [-0.4, -0.2) is 20.4 Å². The Bertz CT molecular complexity index is 1180. The van der Waals surface area contributed by atoms with Crippen LogP contribution in [-0.2, 0) is 14.8 Å². The number of amides is 1. The van der Waals surface area contributed by atoms with Gasteiger partial charge in [0.15, 0.2) is 6.10 Å². The van der Waals surface area contributed by atoms with Gasteiger partial charge in [-0.3, -0.25) is 9.52 Å². The molecule has 0 saturated carbocycles. The lowest BCUT2D eigenvalue weighted by molar-refractivity contribution is -0.122. The van der Waals surface area contributed by atoms with E-state index in [1.54, 1.807) is 37.3 Å². The van der Waals surface area contributed by atoms with Crippen molar-refractivity contribution in [2.24, 2.45) is 0 Å². The van der Waals surface area contributed by atoms with E-state index in [9.17, 15) is 13.2 Å². The third-order valence-corrected chi connectivity index (χ3v) is 6.20. The number of anilines is 2. The molecule has 0 spiro atoms. The summed E-state index contributed by atoms with van der Waals surface area (Å²) in [7, 11) is -3.76. The Kier molecular flexibility index (Phi) is 6.87. The Hall–Kier alpha value is -3.03. The molecule has 0 aliphatic carbocycles. The summed E-state index contributed by atoms with van der Waals surface area (Å²) in [5, 5.41) is 3.29. The molecule has 2 N–H and O–H groups in total. The molecule has 1 atom stereocenters. The highest BCUT2D eigenvalue weighted by Crippen LogP contribution is 2.22. The van der Waals surface area contributed by atoms with Crippen molar-refractivity contribution >= 4 is 38.9 Å². The maximum absolute atomic E-state index is 12.7. The van der Waals surface area contributed by atoms with E-state index in [2.05, 4.69) is 10.0 Å². The monoisotopic (exact) mass is 458 g/mol. The van der Waals surface area contributed by atoms with Gasteiger partial charge in [-0.05, 0) is 86.5 Å². The molecule has 0 unspecified atom stereocenters. The molecule has 0 radical (unpaired) electrons. The predicted octanol–water partition coefficient (Wildman–Crippen LogP) is 5.16. The van der Waals surface area contributed by atoms with Gasteiger partial charge in [-0.25, -0.2) is 8.42 Å². The van der Waals surface area contributed by atoms with Crippen LogP contribution in [0.25, 0.3) is 0 Å². The average molecular weight is 459 g/mol. The average Bonchev–Trinajstić information content (AvgIpc) is 2.72. The number of sulfonamides is 1. The van der Waals surface area contributed by atoms with Crippen LogP contribution in [0.4, 0.5) is 11.4 Å². The van der Waals surface area contributed by atoms with Crippen molar-refractivity contribution < 1.29 is 17.9 Å². The first kappa shape index (κ1) is 22.7. The molecule has 0 heterocycles. The van der Waals surface area contributed by atoms with E-state index in [0.29, 0.717) is 22.1 Å². The summed E-state index contributed by atoms with van der Waals surface area (Å²) in [4.78, 5) is 12.5. The molecule has 31 heavy (non-hydrogen) atoms. The van der Waals surface area contributed by atoms with Gasteiger partial charge < -0.3 is 10.1 Å². The lowest BCUT2D eigenvalue weighted by Crippen LogP contribution is -2.30. The smallest absolute Gasteiger partial charge is 0.265 e. The third kappa shape index (κ3) is 5.99. The molecule has 3 rings (SSSR count). The second kappa shape index (κ2) is 9.41. The summed E-state index contributed by atoms with van der Waals surface area (Å²) >= 11 is 5.84. The van der Waals surface area contributed by atoms with E-state index < -0.39 is 16.1 Å². The lowest BCUT2D eigenvalue weighted by atomic mass is 10.1. The molecular formula is C23H23ClN2O4S. The number of halogens is 1. The zero-order valence-corrected chi connectivity index (χ0v) is 18.9. The van der Waals surface area contributed by atoms with Crippen molar-refractivity contribution in [2.75, 3.05) is 10.0 Å². The molecule has 3 aromatic rings. The van der Waals surface area contributed by atoms with Gasteiger partial charge in [-0.2, -0.15) is 0 Å². The summed E-state index contributed by atoms with van der Waals surface area (Å²) < 4.78 is 33.6. The highest BCUT2D eigenvalue weighted by Gasteiger charge is 2.18. The van der Waals surface area contributed by atoms with Gasteiger partial charge >= 0.3 is 0 Å². The Labute approximate surface area is 187 Å². The van der Waals surface area contributed by atoms with Gasteiger partial charge in [0, 0.05) is 10.7 Å². The molecule has 6 nitrogen and oxygen atoms in total. The maximum Gasteiger partial charge on any atom is 0.265 e. The number of hydrogen-bond acceptors (Lipinski definition) is 4. The van der Waals surface area contributed by atoms with Crippen molar-refractivity contribution in [2.45, 2.75) is 31.8 Å². The van der Waals surface area contributed by atoms with E-state index in [-0.39, 0.29) is 10.8 Å². The lowest BCUT2D eigenvalue weighted by Gasteiger charge is -2.15. The summed E-state index contributed by atoms with van der Waals surface area (Å²) in [6.45, 7) is 5.35. The first-order chi connectivity index (χ1) is 14.6. The van der Waals surface area contributed by atoms with Crippen molar-refractivity contribution in [3.63, 3.8) is 0 Å². The number of rotatable bonds is 7. The van der Waals surface area contributed by atoms with Crippen LogP contribution >= 0.6 is 11.6 Å². The van der Waals surface area contributed by atoms with Crippen LogP contribution in [0, 0.1) is 13.8 Å². The van der Waals surface area contributed by atoms with E-state index in [0.717, 1.165) is 11.1 Å². The SMILES string of the molecule is Cc1ccc(C)c(NS(=O)(=O)c2ccc(NC(=O)[C@H](C)Oc3ccc(Cl)cc3)cc2)c1. The first-order valence-electron chi connectivity index (χ1n) is 9.57. The second-order valence-corrected chi connectivity index (χ2v) is 9.27. The molecule has 8 heteroatoms. The molecule has 0 fully saturated rings. The van der Waals surface area contributed by atoms with Crippen LogP contribution in [0.2, 0.25) is 5.02 Å². The fourth-order valence-corrected chi connectivity index (χ4v) is 4.03. The van der Waals surface area contributed by atoms with Crippen LogP contribution in [0.5, 0.6) is 5.75 Å². The van der Waals surface area contributed by atoms with Gasteiger partial charge in [-0.1, -0.05) is 23.7 Å². The summed E-state index contributed by atoms with van der Waals surface area (Å²) in [5.41, 5.74) is 2.77. The zero-order chi connectivity index (χ0) is 22.6. The number of aryl methyl sites for hydroxylation is 2. The maximum atomic E-state index is 12.7. The highest BCUT2D eigenvalue weighted by molar-refractivity contribution is 7.92. The fraction of sp³-hybridized carbons (Fsp3) is 0.174. The highest BCUT2D eigenvalue weighted by atomic mass is 35.5. The zero-order valence-electron chi connectivity index (χ0n) is 17.3. The molecule has 0 bridgehead atoms. The van der Waals surface area contributed by atoms with E-state index in [4.69, 9.17) is 16.3 Å². The largest absolute Gasteiger partial charge is 0.481 e. The summed E-state index contributed by atoms with van der Waals surface area (Å²) in [5.74, 6) is 0.157. The molecule has 0 saturated heterocycles. The summed E-state index contributed by atoms with van der Waals surface area (Å²) in [6, 6.07) is 18.2. The number of carbonyl (C=O) groups is 1. The van der Waals surface area contributed by atoms with Crippen molar-refractivity contribution in [1.29, 1.82) is 0 Å². The number of nitrogens with one attached hydrogen (secondary N) is 2. The predicted molar refractivity (Wildman–Crippen MR) is 123 cm³/mol. The molecule has 3 aromatic carbocycles. The Balaban J connectivity index is 1.65. The number of hydrogen-bond donors (Lipinski definition) is 2. The minimum Gasteiger partial charge on any atom is -0.481 e. The fourth-order valence-electron chi connectivity index (χ4n) is 2.78. The normalized spacial score (nSPS) is 12.1. The quantitative estimate of drug-likeness (QED) is 0.512. The van der Waals surface area contributed by atoms with Crippen molar-refractivity contribution in [3.8, 4) is 5.75 Å². The number of carbonyl (C=O) groups excluding carboxylic acids is 1.